The highest BCUT2D eigenvalue weighted by Crippen LogP contribution is 2.19. The van der Waals surface area contributed by atoms with E-state index >= 15 is 0 Å². The molecule has 0 aromatic carbocycles. The van der Waals surface area contributed by atoms with Gasteiger partial charge in [-0.3, -0.25) is 0 Å². The van der Waals surface area contributed by atoms with Crippen molar-refractivity contribution in [2.24, 2.45) is 5.92 Å². The van der Waals surface area contributed by atoms with Crippen LogP contribution >= 0.6 is 0 Å². The highest BCUT2D eigenvalue weighted by molar-refractivity contribution is 7.86. The van der Waals surface area contributed by atoms with Gasteiger partial charge < -0.3 is 4.79 Å². The van der Waals surface area contributed by atoms with E-state index in [0.717, 1.165) is 19.1 Å². The van der Waals surface area contributed by atoms with E-state index in [0.29, 0.717) is 26.2 Å². The molecule has 6 heteroatoms. The molecule has 0 bridgehead atoms. The zero-order valence-electron chi connectivity index (χ0n) is 9.92. The van der Waals surface area contributed by atoms with Crippen LogP contribution in [0.1, 0.15) is 26.7 Å². The Labute approximate surface area is 97.6 Å². The Hall–Kier alpha value is -0.460. The average Bonchev–Trinajstić information content (AvgIpc) is 2.30. The molecule has 0 aliphatic carbocycles. The van der Waals surface area contributed by atoms with E-state index in [1.807, 2.05) is 13.8 Å². The van der Waals surface area contributed by atoms with Crippen molar-refractivity contribution in [1.82, 2.24) is 8.61 Å². The van der Waals surface area contributed by atoms with Gasteiger partial charge in [0, 0.05) is 32.1 Å². The molecular weight excluding hydrogens is 228 g/mol. The lowest BCUT2D eigenvalue weighted by Gasteiger charge is -2.33. The van der Waals surface area contributed by atoms with Crippen LogP contribution in [0.2, 0.25) is 0 Å². The lowest BCUT2D eigenvalue weighted by Crippen LogP contribution is -2.48. The number of rotatable bonds is 5. The minimum Gasteiger partial charge on any atom is -0.303 e. The van der Waals surface area contributed by atoms with Gasteiger partial charge in [0.25, 0.3) is 10.2 Å². The topological polar surface area (TPSA) is 57.7 Å². The Kier molecular flexibility index (Phi) is 4.89. The lowest BCUT2D eigenvalue weighted by molar-refractivity contribution is -0.112. The summed E-state index contributed by atoms with van der Waals surface area (Å²) in [6, 6.07) is 0. The van der Waals surface area contributed by atoms with Gasteiger partial charge in [0.15, 0.2) is 0 Å². The van der Waals surface area contributed by atoms with Gasteiger partial charge in [0.05, 0.1) is 0 Å². The minimum atomic E-state index is -3.36. The third-order valence-electron chi connectivity index (χ3n) is 2.97. The van der Waals surface area contributed by atoms with E-state index in [-0.39, 0.29) is 5.92 Å². The van der Waals surface area contributed by atoms with Crippen LogP contribution in [-0.4, -0.2) is 49.5 Å². The highest BCUT2D eigenvalue weighted by Gasteiger charge is 2.31. The largest absolute Gasteiger partial charge is 0.303 e. The quantitative estimate of drug-likeness (QED) is 0.665. The first-order valence-electron chi connectivity index (χ1n) is 5.76. The second-order valence-corrected chi connectivity index (χ2v) is 5.92. The van der Waals surface area contributed by atoms with Gasteiger partial charge in [-0.1, -0.05) is 13.8 Å². The summed E-state index contributed by atoms with van der Waals surface area (Å²) in [5, 5.41) is 0. The van der Waals surface area contributed by atoms with Crippen molar-refractivity contribution in [2.45, 2.75) is 26.7 Å². The second kappa shape index (κ2) is 5.75. The Morgan fingerprint density at radius 1 is 1.38 bits per heavy atom. The lowest BCUT2D eigenvalue weighted by atomic mass is 10.0. The number of carbonyl (C=O) groups is 1. The number of carbonyl (C=O) groups excluding carboxylic acids is 1. The van der Waals surface area contributed by atoms with E-state index in [4.69, 9.17) is 0 Å². The Morgan fingerprint density at radius 3 is 2.50 bits per heavy atom. The molecule has 16 heavy (non-hydrogen) atoms. The molecule has 1 fully saturated rings. The van der Waals surface area contributed by atoms with Crippen LogP contribution in [0, 0.1) is 5.92 Å². The number of hydrogen-bond acceptors (Lipinski definition) is 3. The normalized spacial score (nSPS) is 23.6. The van der Waals surface area contributed by atoms with Gasteiger partial charge in [-0.2, -0.15) is 17.0 Å². The molecule has 0 aromatic rings. The van der Waals surface area contributed by atoms with Gasteiger partial charge in [-0.25, -0.2) is 0 Å². The first-order valence-corrected chi connectivity index (χ1v) is 7.16. The molecule has 0 spiro atoms. The standard InChI is InChI=1S/C10H20N2O3S/c1-3-11(4-2)16(14,15)12-7-5-6-10(8-12)9-13/h9-10H,3-8H2,1-2H3. The summed E-state index contributed by atoms with van der Waals surface area (Å²) in [5.41, 5.74) is 0. The second-order valence-electron chi connectivity index (χ2n) is 3.99. The molecule has 1 aliphatic rings. The Bertz CT molecular complexity index is 325. The summed E-state index contributed by atoms with van der Waals surface area (Å²) >= 11 is 0. The minimum absolute atomic E-state index is 0.140. The first kappa shape index (κ1) is 13.6. The predicted octanol–water partition coefficient (Wildman–Crippen LogP) is 0.484. The maximum absolute atomic E-state index is 12.1. The van der Waals surface area contributed by atoms with E-state index in [2.05, 4.69) is 0 Å². The number of piperidine rings is 1. The van der Waals surface area contributed by atoms with E-state index in [1.165, 1.54) is 8.61 Å². The summed E-state index contributed by atoms with van der Waals surface area (Å²) < 4.78 is 27.2. The van der Waals surface area contributed by atoms with Gasteiger partial charge in [-0.15, -0.1) is 0 Å². The van der Waals surface area contributed by atoms with Crippen LogP contribution in [0.5, 0.6) is 0 Å². The first-order chi connectivity index (χ1) is 7.56. The molecule has 1 atom stereocenters. The summed E-state index contributed by atoms with van der Waals surface area (Å²) in [7, 11) is -3.36. The fourth-order valence-corrected chi connectivity index (χ4v) is 3.73. The number of nitrogens with zero attached hydrogens (tertiary/aromatic N) is 2. The summed E-state index contributed by atoms with van der Waals surface area (Å²) in [6.07, 6.45) is 2.43. The molecule has 1 heterocycles. The van der Waals surface area contributed by atoms with Crippen LogP contribution in [0.15, 0.2) is 0 Å². The molecule has 0 saturated carbocycles. The molecule has 94 valence electrons. The number of aldehydes is 1. The van der Waals surface area contributed by atoms with E-state index in [1.54, 1.807) is 0 Å². The molecule has 1 rings (SSSR count). The third-order valence-corrected chi connectivity index (χ3v) is 5.12. The van der Waals surface area contributed by atoms with Crippen molar-refractivity contribution < 1.29 is 13.2 Å². The fourth-order valence-electron chi connectivity index (χ4n) is 2.01. The number of hydrogen-bond donors (Lipinski definition) is 0. The fraction of sp³-hybridized carbons (Fsp3) is 0.900. The molecule has 1 aliphatic heterocycles. The van der Waals surface area contributed by atoms with Crippen molar-refractivity contribution in [2.75, 3.05) is 26.2 Å². The molecule has 0 aromatic heterocycles. The van der Waals surface area contributed by atoms with Crippen molar-refractivity contribution in [3.63, 3.8) is 0 Å². The highest BCUT2D eigenvalue weighted by atomic mass is 32.2. The molecule has 5 nitrogen and oxygen atoms in total. The Balaban J connectivity index is 2.78. The van der Waals surface area contributed by atoms with Crippen molar-refractivity contribution in [3.05, 3.63) is 0 Å². The van der Waals surface area contributed by atoms with Crippen molar-refractivity contribution >= 4 is 16.5 Å². The zero-order chi connectivity index (χ0) is 12.2. The van der Waals surface area contributed by atoms with Crippen LogP contribution in [-0.2, 0) is 15.0 Å². The molecule has 0 radical (unpaired) electrons. The average molecular weight is 248 g/mol. The molecule has 1 unspecified atom stereocenters. The maximum Gasteiger partial charge on any atom is 0.281 e. The third kappa shape index (κ3) is 2.81. The van der Waals surface area contributed by atoms with Crippen LogP contribution < -0.4 is 0 Å². The molecule has 0 N–H and O–H groups in total. The van der Waals surface area contributed by atoms with Crippen molar-refractivity contribution in [1.29, 1.82) is 0 Å². The maximum atomic E-state index is 12.1. The monoisotopic (exact) mass is 248 g/mol. The van der Waals surface area contributed by atoms with Crippen molar-refractivity contribution in [3.8, 4) is 0 Å². The van der Waals surface area contributed by atoms with Gasteiger partial charge in [0.2, 0.25) is 0 Å². The van der Waals surface area contributed by atoms with E-state index in [9.17, 15) is 13.2 Å². The Morgan fingerprint density at radius 2 is 2.00 bits per heavy atom. The smallest absolute Gasteiger partial charge is 0.281 e. The predicted molar refractivity (Wildman–Crippen MR) is 62.2 cm³/mol. The molecule has 0 amide bonds. The summed E-state index contributed by atoms with van der Waals surface area (Å²) in [6.45, 7) is 5.46. The van der Waals surface area contributed by atoms with Crippen LogP contribution in [0.4, 0.5) is 0 Å². The summed E-state index contributed by atoms with van der Waals surface area (Å²) in [4.78, 5) is 10.7. The van der Waals surface area contributed by atoms with Crippen LogP contribution in [0.3, 0.4) is 0 Å². The zero-order valence-corrected chi connectivity index (χ0v) is 10.7. The molecular formula is C10H20N2O3S. The van der Waals surface area contributed by atoms with Gasteiger partial charge in [-0.05, 0) is 12.8 Å². The van der Waals surface area contributed by atoms with Crippen LogP contribution in [0.25, 0.3) is 0 Å². The SMILES string of the molecule is CCN(CC)S(=O)(=O)N1CCCC(C=O)C1. The van der Waals surface area contributed by atoms with E-state index < -0.39 is 10.2 Å². The summed E-state index contributed by atoms with van der Waals surface area (Å²) in [5.74, 6) is -0.140. The molecule has 1 saturated heterocycles. The van der Waals surface area contributed by atoms with Gasteiger partial charge in [0.1, 0.15) is 6.29 Å². The van der Waals surface area contributed by atoms with Gasteiger partial charge >= 0.3 is 0 Å².